The van der Waals surface area contributed by atoms with E-state index in [-0.39, 0.29) is 24.2 Å². The van der Waals surface area contributed by atoms with Crippen LogP contribution in [-0.4, -0.2) is 39.4 Å². The predicted molar refractivity (Wildman–Crippen MR) is 86.8 cm³/mol. The molecule has 2 aliphatic heterocycles. The predicted octanol–water partition coefficient (Wildman–Crippen LogP) is 1.78. The maximum Gasteiger partial charge on any atom is 0.232 e. The fourth-order valence-corrected chi connectivity index (χ4v) is 3.17. The summed E-state index contributed by atoms with van der Waals surface area (Å²) in [6.45, 7) is 3.88. The molecule has 1 aromatic heterocycles. The number of allylic oxidation sites excluding steroid dienone is 1. The average molecular weight is 310 g/mol. The van der Waals surface area contributed by atoms with E-state index in [1.807, 2.05) is 41.8 Å². The second-order valence-electron chi connectivity index (χ2n) is 6.12. The van der Waals surface area contributed by atoms with Gasteiger partial charge >= 0.3 is 0 Å². The lowest BCUT2D eigenvalue weighted by Gasteiger charge is -2.35. The van der Waals surface area contributed by atoms with Crippen LogP contribution in [-0.2, 0) is 16.1 Å². The molecule has 118 valence electrons. The van der Waals surface area contributed by atoms with Crippen LogP contribution in [0, 0.1) is 5.92 Å². The van der Waals surface area contributed by atoms with Gasteiger partial charge in [0.1, 0.15) is 0 Å². The minimum absolute atomic E-state index is 0.0450. The molecule has 1 saturated heterocycles. The first-order valence-electron chi connectivity index (χ1n) is 7.83. The second kappa shape index (κ2) is 5.22. The molecule has 0 aliphatic carbocycles. The second-order valence-corrected chi connectivity index (χ2v) is 6.12. The van der Waals surface area contributed by atoms with Gasteiger partial charge in [-0.05, 0) is 24.6 Å². The lowest BCUT2D eigenvalue weighted by molar-refractivity contribution is -0.136. The molecule has 2 aliphatic rings. The zero-order valence-electron chi connectivity index (χ0n) is 13.0. The Labute approximate surface area is 133 Å². The quantitative estimate of drug-likeness (QED) is 0.860. The first-order chi connectivity index (χ1) is 11.2. The largest absolute Gasteiger partial charge is 0.335 e. The summed E-state index contributed by atoms with van der Waals surface area (Å²) in [5.74, 6) is 0.152. The molecular formula is C17H18N4O2. The molecule has 2 amide bonds. The molecular weight excluding hydrogens is 292 g/mol. The van der Waals surface area contributed by atoms with Gasteiger partial charge in [0.2, 0.25) is 17.8 Å². The Morgan fingerprint density at radius 1 is 1.39 bits per heavy atom. The van der Waals surface area contributed by atoms with Crippen LogP contribution in [0.1, 0.15) is 13.3 Å². The molecule has 6 heteroatoms. The number of hydrogen-bond donors (Lipinski definition) is 1. The summed E-state index contributed by atoms with van der Waals surface area (Å²) in [6.07, 6.45) is 2.29. The van der Waals surface area contributed by atoms with Gasteiger partial charge in [0.05, 0.1) is 17.0 Å². The highest BCUT2D eigenvalue weighted by Gasteiger charge is 2.33. The van der Waals surface area contributed by atoms with Gasteiger partial charge in [-0.1, -0.05) is 18.2 Å². The summed E-state index contributed by atoms with van der Waals surface area (Å²) in [6, 6.07) is 7.78. The van der Waals surface area contributed by atoms with E-state index in [0.717, 1.165) is 11.0 Å². The zero-order chi connectivity index (χ0) is 16.0. The normalized spacial score (nSPS) is 20.0. The Morgan fingerprint density at radius 2 is 2.17 bits per heavy atom. The number of rotatable bonds is 2. The standard InChI is InChI=1S/C17H18N4O2/c1-2-11-8-20(9-11)15(22)7-12-10-21-14-6-4-3-5-13(14)18-17(21)19-16(12)23/h2-6,12H,7-10H2,1H3,(H,18,19,23). The zero-order valence-corrected chi connectivity index (χ0v) is 13.0. The molecule has 1 fully saturated rings. The number of benzene rings is 1. The lowest BCUT2D eigenvalue weighted by atomic mass is 9.99. The number of carbonyl (C=O) groups is 2. The van der Waals surface area contributed by atoms with Crippen LogP contribution >= 0.6 is 0 Å². The lowest BCUT2D eigenvalue weighted by Crippen LogP contribution is -2.46. The SMILES string of the molecule is CC=C1CN(C(=O)CC2Cn3c(nc4ccccc43)NC2=O)C1. The van der Waals surface area contributed by atoms with Crippen molar-refractivity contribution in [2.24, 2.45) is 5.92 Å². The number of para-hydroxylation sites is 2. The van der Waals surface area contributed by atoms with Gasteiger partial charge in [0.25, 0.3) is 0 Å². The minimum atomic E-state index is -0.345. The van der Waals surface area contributed by atoms with E-state index in [4.69, 9.17) is 0 Å². The number of likely N-dealkylation sites (tertiary alicyclic amines) is 1. The third-order valence-corrected chi connectivity index (χ3v) is 4.63. The number of aromatic nitrogens is 2. The van der Waals surface area contributed by atoms with E-state index in [1.54, 1.807) is 4.90 Å². The molecule has 0 radical (unpaired) electrons. The first kappa shape index (κ1) is 14.0. The number of nitrogens with zero attached hydrogens (tertiary/aromatic N) is 3. The van der Waals surface area contributed by atoms with Crippen molar-refractivity contribution >= 4 is 28.8 Å². The topological polar surface area (TPSA) is 67.2 Å². The Hall–Kier alpha value is -2.63. The highest BCUT2D eigenvalue weighted by Crippen LogP contribution is 2.27. The number of amides is 2. The van der Waals surface area contributed by atoms with Crippen LogP contribution in [0.4, 0.5) is 5.95 Å². The molecule has 23 heavy (non-hydrogen) atoms. The molecule has 1 atom stereocenters. The van der Waals surface area contributed by atoms with Crippen molar-refractivity contribution in [2.45, 2.75) is 19.9 Å². The number of imidazole rings is 1. The van der Waals surface area contributed by atoms with E-state index in [0.29, 0.717) is 25.6 Å². The van der Waals surface area contributed by atoms with Crippen molar-refractivity contribution in [3.05, 3.63) is 35.9 Å². The summed E-state index contributed by atoms with van der Waals surface area (Å²) in [5, 5.41) is 2.83. The van der Waals surface area contributed by atoms with Gasteiger partial charge in [-0.3, -0.25) is 14.9 Å². The summed E-state index contributed by atoms with van der Waals surface area (Å²) in [7, 11) is 0. The van der Waals surface area contributed by atoms with Crippen molar-refractivity contribution in [1.29, 1.82) is 0 Å². The fourth-order valence-electron chi connectivity index (χ4n) is 3.17. The highest BCUT2D eigenvalue weighted by atomic mass is 16.2. The molecule has 2 aromatic rings. The Balaban J connectivity index is 1.53. The van der Waals surface area contributed by atoms with Crippen LogP contribution in [0.15, 0.2) is 35.9 Å². The van der Waals surface area contributed by atoms with Crippen molar-refractivity contribution < 1.29 is 9.59 Å². The number of carbonyl (C=O) groups excluding carboxylic acids is 2. The fraction of sp³-hybridized carbons (Fsp3) is 0.353. The molecule has 1 N–H and O–H groups in total. The van der Waals surface area contributed by atoms with Crippen LogP contribution in [0.3, 0.4) is 0 Å². The Morgan fingerprint density at radius 3 is 2.96 bits per heavy atom. The molecule has 3 heterocycles. The van der Waals surface area contributed by atoms with Crippen LogP contribution in [0.25, 0.3) is 11.0 Å². The van der Waals surface area contributed by atoms with Crippen molar-refractivity contribution in [1.82, 2.24) is 14.5 Å². The third kappa shape index (κ3) is 2.30. The monoisotopic (exact) mass is 310 g/mol. The molecule has 1 aromatic carbocycles. The van der Waals surface area contributed by atoms with Crippen molar-refractivity contribution in [2.75, 3.05) is 18.4 Å². The van der Waals surface area contributed by atoms with Crippen LogP contribution in [0.5, 0.6) is 0 Å². The molecule has 6 nitrogen and oxygen atoms in total. The van der Waals surface area contributed by atoms with E-state index in [9.17, 15) is 9.59 Å². The highest BCUT2D eigenvalue weighted by molar-refractivity contribution is 5.97. The number of fused-ring (bicyclic) bond motifs is 3. The number of anilines is 1. The van der Waals surface area contributed by atoms with E-state index < -0.39 is 0 Å². The smallest absolute Gasteiger partial charge is 0.232 e. The first-order valence-corrected chi connectivity index (χ1v) is 7.83. The van der Waals surface area contributed by atoms with E-state index in [2.05, 4.69) is 10.3 Å². The molecule has 4 rings (SSSR count). The molecule has 0 saturated carbocycles. The van der Waals surface area contributed by atoms with Crippen LogP contribution < -0.4 is 5.32 Å². The Kier molecular flexibility index (Phi) is 3.18. The maximum atomic E-state index is 12.3. The summed E-state index contributed by atoms with van der Waals surface area (Å²) >= 11 is 0. The number of nitrogens with one attached hydrogen (secondary N) is 1. The van der Waals surface area contributed by atoms with Crippen molar-refractivity contribution in [3.8, 4) is 0 Å². The minimum Gasteiger partial charge on any atom is -0.335 e. The van der Waals surface area contributed by atoms with Gasteiger partial charge in [0.15, 0.2) is 0 Å². The van der Waals surface area contributed by atoms with Gasteiger partial charge in [-0.15, -0.1) is 0 Å². The molecule has 0 bridgehead atoms. The average Bonchev–Trinajstić information content (AvgIpc) is 2.84. The Bertz CT molecular complexity index is 828. The van der Waals surface area contributed by atoms with Crippen LogP contribution in [0.2, 0.25) is 0 Å². The van der Waals surface area contributed by atoms with Gasteiger partial charge in [-0.2, -0.15) is 0 Å². The van der Waals surface area contributed by atoms with E-state index >= 15 is 0 Å². The summed E-state index contributed by atoms with van der Waals surface area (Å²) in [5.41, 5.74) is 3.12. The molecule has 1 unspecified atom stereocenters. The maximum absolute atomic E-state index is 12.3. The van der Waals surface area contributed by atoms with Gasteiger partial charge in [0, 0.05) is 26.1 Å². The summed E-state index contributed by atoms with van der Waals surface area (Å²) < 4.78 is 1.99. The number of hydrogen-bond acceptors (Lipinski definition) is 3. The summed E-state index contributed by atoms with van der Waals surface area (Å²) in [4.78, 5) is 30.8. The van der Waals surface area contributed by atoms with Gasteiger partial charge in [-0.25, -0.2) is 4.98 Å². The van der Waals surface area contributed by atoms with Crippen molar-refractivity contribution in [3.63, 3.8) is 0 Å². The third-order valence-electron chi connectivity index (χ3n) is 4.63. The van der Waals surface area contributed by atoms with E-state index in [1.165, 1.54) is 5.57 Å². The van der Waals surface area contributed by atoms with Gasteiger partial charge < -0.3 is 9.47 Å². The molecule has 0 spiro atoms.